The molecule has 28 heavy (non-hydrogen) atoms. The molecular weight excluding hydrogens is 360 g/mol. The summed E-state index contributed by atoms with van der Waals surface area (Å²) in [5, 5.41) is 10.7. The van der Waals surface area contributed by atoms with Crippen molar-refractivity contribution in [1.82, 2.24) is 4.90 Å². The molecule has 0 aromatic heterocycles. The number of aryl methyl sites for hydroxylation is 1. The molecule has 0 bridgehead atoms. The minimum Gasteiger partial charge on any atom is -0.491 e. The van der Waals surface area contributed by atoms with Gasteiger partial charge in [0.15, 0.2) is 0 Å². The summed E-state index contributed by atoms with van der Waals surface area (Å²) >= 11 is 0. The van der Waals surface area contributed by atoms with Gasteiger partial charge in [-0.3, -0.25) is 14.9 Å². The number of hydrogen-bond donors (Lipinski definition) is 0. The van der Waals surface area contributed by atoms with Crippen molar-refractivity contribution in [3.8, 4) is 5.75 Å². The standard InChI is InChI=1S/C21H24N2O5/c1-21(2)22(20(24)13-8-16-6-4-3-5-7-16)18(15-28-21)14-27-19-11-9-17(10-12-19)23(25)26/h3-7,9-12,18H,8,13-15H2,1-2H3/t18-/m1/s1. The van der Waals surface area contributed by atoms with E-state index in [0.29, 0.717) is 25.2 Å². The first-order chi connectivity index (χ1) is 13.4. The fourth-order valence-corrected chi connectivity index (χ4v) is 3.38. The Balaban J connectivity index is 1.61. The molecule has 3 rings (SSSR count). The van der Waals surface area contributed by atoms with Gasteiger partial charge < -0.3 is 14.4 Å². The van der Waals surface area contributed by atoms with Crippen molar-refractivity contribution in [3.63, 3.8) is 0 Å². The van der Waals surface area contributed by atoms with Gasteiger partial charge in [0.05, 0.1) is 17.6 Å². The molecule has 0 radical (unpaired) electrons. The number of carbonyl (C=O) groups is 1. The molecular formula is C21H24N2O5. The SMILES string of the molecule is CC1(C)OC[C@@H](COc2ccc([N+](=O)[O-])cc2)N1C(=O)CCc1ccccc1. The Morgan fingerprint density at radius 2 is 1.89 bits per heavy atom. The summed E-state index contributed by atoms with van der Waals surface area (Å²) in [6.45, 7) is 4.40. The Bertz CT molecular complexity index is 820. The van der Waals surface area contributed by atoms with E-state index in [9.17, 15) is 14.9 Å². The normalized spacial score (nSPS) is 18.1. The molecule has 1 aliphatic rings. The zero-order valence-corrected chi connectivity index (χ0v) is 16.0. The van der Waals surface area contributed by atoms with Crippen LogP contribution in [0, 0.1) is 10.1 Å². The second kappa shape index (κ2) is 8.39. The molecule has 1 saturated heterocycles. The largest absolute Gasteiger partial charge is 0.491 e. The van der Waals surface area contributed by atoms with Gasteiger partial charge in [-0.15, -0.1) is 0 Å². The smallest absolute Gasteiger partial charge is 0.269 e. The van der Waals surface area contributed by atoms with E-state index in [4.69, 9.17) is 9.47 Å². The average Bonchev–Trinajstić information content (AvgIpc) is 3.00. The molecule has 148 valence electrons. The molecule has 2 aromatic rings. The zero-order valence-electron chi connectivity index (χ0n) is 16.0. The Hall–Kier alpha value is -2.93. The Kier molecular flexibility index (Phi) is 5.94. The molecule has 1 aliphatic heterocycles. The quantitative estimate of drug-likeness (QED) is 0.538. The number of hydrogen-bond acceptors (Lipinski definition) is 5. The third-order valence-electron chi connectivity index (χ3n) is 4.80. The molecule has 2 aromatic carbocycles. The van der Waals surface area contributed by atoms with Crippen molar-refractivity contribution in [2.24, 2.45) is 0 Å². The van der Waals surface area contributed by atoms with Gasteiger partial charge >= 0.3 is 0 Å². The number of benzene rings is 2. The highest BCUT2D eigenvalue weighted by atomic mass is 16.6. The van der Waals surface area contributed by atoms with Crippen LogP contribution >= 0.6 is 0 Å². The van der Waals surface area contributed by atoms with Crippen LogP contribution in [0.25, 0.3) is 0 Å². The van der Waals surface area contributed by atoms with Gasteiger partial charge in [-0.2, -0.15) is 0 Å². The van der Waals surface area contributed by atoms with E-state index in [1.54, 1.807) is 17.0 Å². The fourth-order valence-electron chi connectivity index (χ4n) is 3.38. The van der Waals surface area contributed by atoms with Gasteiger partial charge in [0, 0.05) is 18.6 Å². The second-order valence-corrected chi connectivity index (χ2v) is 7.22. The highest BCUT2D eigenvalue weighted by Crippen LogP contribution is 2.29. The van der Waals surface area contributed by atoms with E-state index in [1.807, 2.05) is 44.2 Å². The van der Waals surface area contributed by atoms with Crippen molar-refractivity contribution in [1.29, 1.82) is 0 Å². The zero-order chi connectivity index (χ0) is 20.1. The summed E-state index contributed by atoms with van der Waals surface area (Å²) in [4.78, 5) is 24.9. The molecule has 1 heterocycles. The van der Waals surface area contributed by atoms with E-state index in [1.165, 1.54) is 12.1 Å². The highest BCUT2D eigenvalue weighted by molar-refractivity contribution is 5.77. The van der Waals surface area contributed by atoms with Gasteiger partial charge in [-0.25, -0.2) is 0 Å². The topological polar surface area (TPSA) is 81.9 Å². The average molecular weight is 384 g/mol. The highest BCUT2D eigenvalue weighted by Gasteiger charge is 2.43. The third kappa shape index (κ3) is 4.67. The first-order valence-electron chi connectivity index (χ1n) is 9.24. The van der Waals surface area contributed by atoms with Crippen LogP contribution in [0.2, 0.25) is 0 Å². The lowest BCUT2D eigenvalue weighted by Gasteiger charge is -2.33. The first-order valence-corrected chi connectivity index (χ1v) is 9.24. The van der Waals surface area contributed by atoms with E-state index in [2.05, 4.69) is 0 Å². The predicted octanol–water partition coefficient (Wildman–Crippen LogP) is 3.57. The van der Waals surface area contributed by atoms with Gasteiger partial charge in [0.1, 0.15) is 18.1 Å². The summed E-state index contributed by atoms with van der Waals surface area (Å²) in [5.41, 5.74) is 0.430. The number of ether oxygens (including phenoxy) is 2. The molecule has 0 aliphatic carbocycles. The van der Waals surface area contributed by atoms with Gasteiger partial charge in [0.25, 0.3) is 5.69 Å². The number of rotatable bonds is 7. The van der Waals surface area contributed by atoms with E-state index in [-0.39, 0.29) is 24.2 Å². The number of nitro benzene ring substituents is 1. The number of non-ortho nitro benzene ring substituents is 1. The maximum absolute atomic E-state index is 12.9. The van der Waals surface area contributed by atoms with Gasteiger partial charge in [-0.1, -0.05) is 30.3 Å². The van der Waals surface area contributed by atoms with Gasteiger partial charge in [0.2, 0.25) is 5.91 Å². The minimum absolute atomic E-state index is 0.00963. The van der Waals surface area contributed by atoms with Crippen molar-refractivity contribution >= 4 is 11.6 Å². The Morgan fingerprint density at radius 3 is 2.54 bits per heavy atom. The first kappa shape index (κ1) is 19.8. The van der Waals surface area contributed by atoms with Crippen molar-refractivity contribution in [2.75, 3.05) is 13.2 Å². The molecule has 7 heteroatoms. The van der Waals surface area contributed by atoms with Crippen molar-refractivity contribution in [3.05, 3.63) is 70.3 Å². The molecule has 1 fully saturated rings. The summed E-state index contributed by atoms with van der Waals surface area (Å²) < 4.78 is 11.6. The fraction of sp³-hybridized carbons (Fsp3) is 0.381. The van der Waals surface area contributed by atoms with Crippen molar-refractivity contribution in [2.45, 2.75) is 38.5 Å². The van der Waals surface area contributed by atoms with E-state index < -0.39 is 10.6 Å². The molecule has 1 atom stereocenters. The minimum atomic E-state index is -0.697. The lowest BCUT2D eigenvalue weighted by molar-refractivity contribution is -0.384. The molecule has 7 nitrogen and oxygen atoms in total. The molecule has 0 saturated carbocycles. The van der Waals surface area contributed by atoms with Crippen LogP contribution in [0.5, 0.6) is 5.75 Å². The molecule has 0 spiro atoms. The maximum Gasteiger partial charge on any atom is 0.269 e. The lowest BCUT2D eigenvalue weighted by Crippen LogP contribution is -2.49. The molecule has 0 N–H and O–H groups in total. The van der Waals surface area contributed by atoms with E-state index in [0.717, 1.165) is 5.56 Å². The maximum atomic E-state index is 12.9. The summed E-state index contributed by atoms with van der Waals surface area (Å²) in [6, 6.07) is 15.6. The summed E-state index contributed by atoms with van der Waals surface area (Å²) in [5.74, 6) is 0.538. The van der Waals surface area contributed by atoms with Crippen LogP contribution in [-0.2, 0) is 16.0 Å². The van der Waals surface area contributed by atoms with Crippen LogP contribution in [0.3, 0.4) is 0 Å². The second-order valence-electron chi connectivity index (χ2n) is 7.22. The summed E-state index contributed by atoms with van der Waals surface area (Å²) in [7, 11) is 0. The Morgan fingerprint density at radius 1 is 1.21 bits per heavy atom. The van der Waals surface area contributed by atoms with Crippen LogP contribution in [0.1, 0.15) is 25.8 Å². The molecule has 1 amide bonds. The number of amides is 1. The summed E-state index contributed by atoms with van der Waals surface area (Å²) in [6.07, 6.45) is 1.06. The lowest BCUT2D eigenvalue weighted by atomic mass is 10.1. The van der Waals surface area contributed by atoms with Gasteiger partial charge in [-0.05, 0) is 38.0 Å². The number of carbonyl (C=O) groups excluding carboxylic acids is 1. The predicted molar refractivity (Wildman–Crippen MR) is 104 cm³/mol. The number of nitro groups is 1. The van der Waals surface area contributed by atoms with Crippen LogP contribution in [-0.4, -0.2) is 40.7 Å². The van der Waals surface area contributed by atoms with Crippen molar-refractivity contribution < 1.29 is 19.2 Å². The monoisotopic (exact) mass is 384 g/mol. The number of nitrogens with zero attached hydrogens (tertiary/aromatic N) is 2. The Labute approximate surface area is 164 Å². The van der Waals surface area contributed by atoms with E-state index >= 15 is 0 Å². The molecule has 0 unspecified atom stereocenters. The van der Waals surface area contributed by atoms with Crippen LogP contribution in [0.4, 0.5) is 5.69 Å². The van der Waals surface area contributed by atoms with Crippen LogP contribution in [0.15, 0.2) is 54.6 Å². The third-order valence-corrected chi connectivity index (χ3v) is 4.80. The van der Waals surface area contributed by atoms with Crippen LogP contribution < -0.4 is 4.74 Å².